The fourth-order valence-corrected chi connectivity index (χ4v) is 1.53. The number of halogens is 3. The summed E-state index contributed by atoms with van der Waals surface area (Å²) >= 11 is 0. The highest BCUT2D eigenvalue weighted by Crippen LogP contribution is 2.19. The van der Waals surface area contributed by atoms with E-state index in [0.29, 0.717) is 6.04 Å². The molecule has 0 heterocycles. The van der Waals surface area contributed by atoms with Gasteiger partial charge < -0.3 is 10.1 Å². The van der Waals surface area contributed by atoms with E-state index in [-0.39, 0.29) is 13.2 Å². The van der Waals surface area contributed by atoms with Gasteiger partial charge in [-0.05, 0) is 11.1 Å². The van der Waals surface area contributed by atoms with Crippen LogP contribution in [0.2, 0.25) is 0 Å². The fourth-order valence-electron chi connectivity index (χ4n) is 1.53. The van der Waals surface area contributed by atoms with Crippen LogP contribution in [0.5, 0.6) is 0 Å². The van der Waals surface area contributed by atoms with E-state index in [4.69, 9.17) is 4.74 Å². The van der Waals surface area contributed by atoms with Gasteiger partial charge in [-0.3, -0.25) is 0 Å². The molecule has 2 nitrogen and oxygen atoms in total. The molecule has 0 saturated carbocycles. The number of ether oxygens (including phenoxy) is 1. The molecule has 1 rings (SSSR count). The van der Waals surface area contributed by atoms with Crippen LogP contribution in [0.3, 0.4) is 0 Å². The van der Waals surface area contributed by atoms with Crippen molar-refractivity contribution in [2.75, 3.05) is 6.61 Å². The predicted octanol–water partition coefficient (Wildman–Crippen LogP) is 3.65. The summed E-state index contributed by atoms with van der Waals surface area (Å²) in [5.74, 6) is 0. The lowest BCUT2D eigenvalue weighted by Gasteiger charge is -2.10. The van der Waals surface area contributed by atoms with Crippen LogP contribution >= 0.6 is 0 Å². The molecule has 0 spiro atoms. The highest BCUT2D eigenvalue weighted by molar-refractivity contribution is 5.22. The van der Waals surface area contributed by atoms with Gasteiger partial charge in [-0.2, -0.15) is 13.2 Å². The Balaban J connectivity index is 2.35. The first kappa shape index (κ1) is 16.0. The normalized spacial score (nSPS) is 12.1. The highest BCUT2D eigenvalue weighted by Gasteiger charge is 2.26. The van der Waals surface area contributed by atoms with Gasteiger partial charge in [0.05, 0.1) is 19.6 Å². The number of benzene rings is 1. The molecular weight excluding hydrogens is 255 g/mol. The summed E-state index contributed by atoms with van der Waals surface area (Å²) in [6.45, 7) is 4.78. The van der Waals surface area contributed by atoms with Gasteiger partial charge in [0.1, 0.15) is 0 Å². The molecule has 108 valence electrons. The van der Waals surface area contributed by atoms with Crippen molar-refractivity contribution in [3.05, 3.63) is 35.4 Å². The minimum absolute atomic E-state index is 0.214. The smallest absolute Gasteiger partial charge is 0.376 e. The zero-order chi connectivity index (χ0) is 14.3. The second-order valence-electron chi connectivity index (χ2n) is 4.77. The van der Waals surface area contributed by atoms with Crippen LogP contribution in [0, 0.1) is 0 Å². The standard InChI is InChI=1S/C14H20F3NO/c1-11(2)18-9-12-4-3-5-13(8-12)10-19-7-6-14(15,16)17/h3-5,8,11,18H,6-7,9-10H2,1-2H3. The van der Waals surface area contributed by atoms with Crippen molar-refractivity contribution in [3.8, 4) is 0 Å². The first-order chi connectivity index (χ1) is 8.87. The van der Waals surface area contributed by atoms with Crippen molar-refractivity contribution in [1.82, 2.24) is 5.32 Å². The minimum Gasteiger partial charge on any atom is -0.376 e. The number of hydrogen-bond donors (Lipinski definition) is 1. The zero-order valence-electron chi connectivity index (χ0n) is 11.3. The van der Waals surface area contributed by atoms with E-state index in [9.17, 15) is 13.2 Å². The molecule has 19 heavy (non-hydrogen) atoms. The Bertz CT molecular complexity index is 377. The molecule has 0 aliphatic rings. The van der Waals surface area contributed by atoms with Gasteiger partial charge in [0.25, 0.3) is 0 Å². The Kier molecular flexibility index (Phi) is 6.31. The number of nitrogens with one attached hydrogen (secondary N) is 1. The maximum atomic E-state index is 11.9. The first-order valence-corrected chi connectivity index (χ1v) is 6.32. The molecule has 0 atom stereocenters. The van der Waals surface area contributed by atoms with E-state index >= 15 is 0 Å². The maximum absolute atomic E-state index is 11.9. The Hall–Kier alpha value is -1.07. The van der Waals surface area contributed by atoms with Crippen molar-refractivity contribution in [2.24, 2.45) is 0 Å². The van der Waals surface area contributed by atoms with Crippen LogP contribution in [0.25, 0.3) is 0 Å². The zero-order valence-corrected chi connectivity index (χ0v) is 11.3. The van der Waals surface area contributed by atoms with E-state index in [1.165, 1.54) is 0 Å². The average Bonchev–Trinajstić information content (AvgIpc) is 2.32. The molecule has 0 radical (unpaired) electrons. The molecule has 0 aliphatic heterocycles. The Labute approximate surface area is 112 Å². The topological polar surface area (TPSA) is 21.3 Å². The Morgan fingerprint density at radius 2 is 1.89 bits per heavy atom. The molecule has 0 amide bonds. The summed E-state index contributed by atoms with van der Waals surface area (Å²) in [6.07, 6.45) is -5.05. The molecule has 1 N–H and O–H groups in total. The largest absolute Gasteiger partial charge is 0.391 e. The van der Waals surface area contributed by atoms with Gasteiger partial charge >= 0.3 is 6.18 Å². The quantitative estimate of drug-likeness (QED) is 0.767. The van der Waals surface area contributed by atoms with E-state index in [1.54, 1.807) is 0 Å². The van der Waals surface area contributed by atoms with E-state index in [1.807, 2.05) is 24.3 Å². The van der Waals surface area contributed by atoms with Gasteiger partial charge in [-0.1, -0.05) is 38.1 Å². The molecule has 5 heteroatoms. The van der Waals surface area contributed by atoms with Crippen molar-refractivity contribution >= 4 is 0 Å². The van der Waals surface area contributed by atoms with Crippen molar-refractivity contribution in [1.29, 1.82) is 0 Å². The maximum Gasteiger partial charge on any atom is 0.391 e. The van der Waals surface area contributed by atoms with Gasteiger partial charge in [-0.15, -0.1) is 0 Å². The highest BCUT2D eigenvalue weighted by atomic mass is 19.4. The van der Waals surface area contributed by atoms with Crippen molar-refractivity contribution in [2.45, 2.75) is 45.6 Å². The third-order valence-electron chi connectivity index (χ3n) is 2.50. The Morgan fingerprint density at radius 1 is 1.21 bits per heavy atom. The molecule has 0 fully saturated rings. The van der Waals surface area contributed by atoms with Gasteiger partial charge in [0, 0.05) is 12.6 Å². The van der Waals surface area contributed by atoms with E-state index < -0.39 is 12.6 Å². The molecule has 0 saturated heterocycles. The summed E-state index contributed by atoms with van der Waals surface area (Å²) in [5.41, 5.74) is 2.00. The number of hydrogen-bond acceptors (Lipinski definition) is 2. The van der Waals surface area contributed by atoms with Crippen LogP contribution in [0.1, 0.15) is 31.4 Å². The number of rotatable bonds is 7. The van der Waals surface area contributed by atoms with Crippen LogP contribution in [-0.4, -0.2) is 18.8 Å². The number of alkyl halides is 3. The summed E-state index contributed by atoms with van der Waals surface area (Å²) in [5, 5.41) is 3.29. The third-order valence-corrected chi connectivity index (χ3v) is 2.50. The molecule has 0 aromatic heterocycles. The SMILES string of the molecule is CC(C)NCc1cccc(COCCC(F)(F)F)c1. The minimum atomic E-state index is -4.15. The predicted molar refractivity (Wildman–Crippen MR) is 68.7 cm³/mol. The second kappa shape index (κ2) is 7.50. The molecule has 0 unspecified atom stereocenters. The van der Waals surface area contributed by atoms with Crippen LogP contribution < -0.4 is 5.32 Å². The molecule has 1 aromatic carbocycles. The monoisotopic (exact) mass is 275 g/mol. The summed E-state index contributed by atoms with van der Waals surface area (Å²) in [4.78, 5) is 0. The van der Waals surface area contributed by atoms with Gasteiger partial charge in [0.2, 0.25) is 0 Å². The fraction of sp³-hybridized carbons (Fsp3) is 0.571. The van der Waals surface area contributed by atoms with E-state index in [2.05, 4.69) is 19.2 Å². The van der Waals surface area contributed by atoms with Crippen LogP contribution in [-0.2, 0) is 17.9 Å². The molecular formula is C14H20F3NO. The van der Waals surface area contributed by atoms with Gasteiger partial charge in [-0.25, -0.2) is 0 Å². The van der Waals surface area contributed by atoms with Crippen LogP contribution in [0.4, 0.5) is 13.2 Å². The van der Waals surface area contributed by atoms with E-state index in [0.717, 1.165) is 17.7 Å². The summed E-state index contributed by atoms with van der Waals surface area (Å²) in [7, 11) is 0. The third kappa shape index (κ3) is 7.85. The lowest BCUT2D eigenvalue weighted by molar-refractivity contribution is -0.146. The molecule has 0 aliphatic carbocycles. The average molecular weight is 275 g/mol. The van der Waals surface area contributed by atoms with Gasteiger partial charge in [0.15, 0.2) is 0 Å². The first-order valence-electron chi connectivity index (χ1n) is 6.32. The summed E-state index contributed by atoms with van der Waals surface area (Å²) < 4.78 is 40.8. The lowest BCUT2D eigenvalue weighted by atomic mass is 10.1. The van der Waals surface area contributed by atoms with Crippen molar-refractivity contribution < 1.29 is 17.9 Å². The second-order valence-corrected chi connectivity index (χ2v) is 4.77. The van der Waals surface area contributed by atoms with Crippen molar-refractivity contribution in [3.63, 3.8) is 0 Å². The molecule has 1 aromatic rings. The Morgan fingerprint density at radius 3 is 2.53 bits per heavy atom. The lowest BCUT2D eigenvalue weighted by Crippen LogP contribution is -2.21. The van der Waals surface area contributed by atoms with Crippen LogP contribution in [0.15, 0.2) is 24.3 Å². The molecule has 0 bridgehead atoms. The summed E-state index contributed by atoms with van der Waals surface area (Å²) in [6, 6.07) is 8.07.